The summed E-state index contributed by atoms with van der Waals surface area (Å²) in [5, 5.41) is 2.90. The Labute approximate surface area is 139 Å². The summed E-state index contributed by atoms with van der Waals surface area (Å²) in [5.74, 6) is 5.66. The Hall–Kier alpha value is -1.44. The third-order valence-electron chi connectivity index (χ3n) is 2.80. The summed E-state index contributed by atoms with van der Waals surface area (Å²) in [6, 6.07) is 9.47. The molecule has 0 bridgehead atoms. The van der Waals surface area contributed by atoms with Gasteiger partial charge in [-0.25, -0.2) is 10.0 Å². The van der Waals surface area contributed by atoms with E-state index < -0.39 is 0 Å². The zero-order valence-corrected chi connectivity index (χ0v) is 14.5. The molecular formula is C15H23BrN4O2. The molecule has 0 aliphatic carbocycles. The number of halogens is 1. The van der Waals surface area contributed by atoms with Crippen molar-refractivity contribution in [3.63, 3.8) is 0 Å². The van der Waals surface area contributed by atoms with Crippen molar-refractivity contribution in [2.75, 3.05) is 18.4 Å². The molecule has 0 fully saturated rings. The van der Waals surface area contributed by atoms with Crippen LogP contribution in [0.4, 0.5) is 0 Å². The van der Waals surface area contributed by atoms with Gasteiger partial charge in [-0.05, 0) is 11.5 Å². The van der Waals surface area contributed by atoms with Gasteiger partial charge in [0.25, 0.3) is 5.91 Å². The van der Waals surface area contributed by atoms with Crippen molar-refractivity contribution in [3.05, 3.63) is 35.9 Å². The van der Waals surface area contributed by atoms with Crippen LogP contribution in [0.1, 0.15) is 19.4 Å². The van der Waals surface area contributed by atoms with Crippen molar-refractivity contribution < 1.29 is 9.59 Å². The van der Waals surface area contributed by atoms with E-state index >= 15 is 0 Å². The Kier molecular flexibility index (Phi) is 8.08. The molecule has 0 saturated heterocycles. The van der Waals surface area contributed by atoms with Crippen molar-refractivity contribution in [1.29, 1.82) is 0 Å². The molecule has 7 heteroatoms. The largest absolute Gasteiger partial charge is 0.272 e. The number of carbonyl (C=O) groups excluding carboxylic acids is 2. The fraction of sp³-hybridized carbons (Fsp3) is 0.467. The molecule has 0 radical (unpaired) electrons. The maximum Gasteiger partial charge on any atom is 0.256 e. The van der Waals surface area contributed by atoms with Gasteiger partial charge in [-0.1, -0.05) is 60.1 Å². The molecular weight excluding hydrogens is 348 g/mol. The molecule has 0 aliphatic rings. The molecule has 0 saturated carbocycles. The Balaban J connectivity index is 2.71. The normalized spacial score (nSPS) is 10.8. The van der Waals surface area contributed by atoms with E-state index in [-0.39, 0.29) is 23.7 Å². The number of nitrogens with zero attached hydrogens (tertiary/aromatic N) is 2. The van der Waals surface area contributed by atoms with Crippen molar-refractivity contribution in [2.24, 2.45) is 11.8 Å². The quantitative estimate of drug-likeness (QED) is 0.430. The van der Waals surface area contributed by atoms with Crippen LogP contribution in [-0.4, -0.2) is 40.3 Å². The highest BCUT2D eigenvalue weighted by atomic mass is 79.9. The minimum absolute atomic E-state index is 0.0492. The van der Waals surface area contributed by atoms with E-state index in [9.17, 15) is 9.59 Å². The zero-order chi connectivity index (χ0) is 16.5. The summed E-state index contributed by atoms with van der Waals surface area (Å²) in [5.41, 5.74) is 3.52. The lowest BCUT2D eigenvalue weighted by molar-refractivity contribution is -0.142. The third kappa shape index (κ3) is 7.02. The van der Waals surface area contributed by atoms with Gasteiger partial charge in [0.2, 0.25) is 5.91 Å². The topological polar surface area (TPSA) is 78.7 Å². The molecule has 0 aliphatic heterocycles. The van der Waals surface area contributed by atoms with Crippen LogP contribution in [0.15, 0.2) is 30.3 Å². The van der Waals surface area contributed by atoms with Gasteiger partial charge >= 0.3 is 0 Å². The first-order chi connectivity index (χ1) is 10.4. The Morgan fingerprint density at radius 3 is 2.45 bits per heavy atom. The molecule has 0 atom stereocenters. The fourth-order valence-electron chi connectivity index (χ4n) is 1.93. The number of hydrogen-bond donors (Lipinski definition) is 2. The van der Waals surface area contributed by atoms with E-state index in [1.165, 1.54) is 10.0 Å². The molecule has 6 nitrogen and oxygen atoms in total. The highest BCUT2D eigenvalue weighted by molar-refractivity contribution is 9.09. The summed E-state index contributed by atoms with van der Waals surface area (Å²) >= 11 is 3.08. The summed E-state index contributed by atoms with van der Waals surface area (Å²) in [6.07, 6.45) is 0. The number of benzene rings is 1. The van der Waals surface area contributed by atoms with Crippen LogP contribution in [-0.2, 0) is 16.1 Å². The van der Waals surface area contributed by atoms with Crippen LogP contribution >= 0.6 is 15.9 Å². The van der Waals surface area contributed by atoms with Gasteiger partial charge in [0.05, 0.1) is 18.4 Å². The third-order valence-corrected chi connectivity index (χ3v) is 3.31. The zero-order valence-electron chi connectivity index (χ0n) is 13.0. The lowest BCUT2D eigenvalue weighted by Gasteiger charge is -2.26. The molecule has 122 valence electrons. The maximum absolute atomic E-state index is 12.4. The van der Waals surface area contributed by atoms with Crippen LogP contribution in [0.5, 0.6) is 0 Å². The second-order valence-electron chi connectivity index (χ2n) is 5.46. The predicted octanol–water partition coefficient (Wildman–Crippen LogP) is 1.27. The first kappa shape index (κ1) is 18.6. The number of alkyl halides is 1. The summed E-state index contributed by atoms with van der Waals surface area (Å²) in [6.45, 7) is 5.01. The maximum atomic E-state index is 12.4. The van der Waals surface area contributed by atoms with E-state index in [4.69, 9.17) is 5.84 Å². The molecule has 0 spiro atoms. The SMILES string of the molecule is CC(C)CN(N)CC(=O)N(Cc1ccccc1)NC(=O)CBr. The molecule has 22 heavy (non-hydrogen) atoms. The van der Waals surface area contributed by atoms with Crippen LogP contribution in [0.25, 0.3) is 0 Å². The van der Waals surface area contributed by atoms with Crippen LogP contribution < -0.4 is 11.3 Å². The van der Waals surface area contributed by atoms with Crippen LogP contribution in [0.3, 0.4) is 0 Å². The Bertz CT molecular complexity index is 482. The van der Waals surface area contributed by atoms with Gasteiger partial charge in [-0.2, -0.15) is 0 Å². The average Bonchev–Trinajstić information content (AvgIpc) is 2.46. The first-order valence-electron chi connectivity index (χ1n) is 7.11. The number of nitrogens with two attached hydrogens (primary N) is 1. The molecule has 1 rings (SSSR count). The van der Waals surface area contributed by atoms with Crippen molar-refractivity contribution in [3.8, 4) is 0 Å². The molecule has 1 aromatic rings. The van der Waals surface area contributed by atoms with E-state index in [1.807, 2.05) is 44.2 Å². The number of hydrogen-bond acceptors (Lipinski definition) is 4. The number of carbonyl (C=O) groups is 2. The lowest BCUT2D eigenvalue weighted by Crippen LogP contribution is -2.51. The molecule has 0 aromatic heterocycles. The standard InChI is InChI=1S/C15H23BrN4O2/c1-12(2)9-19(17)11-15(22)20(18-14(21)8-16)10-13-6-4-3-5-7-13/h3-7,12H,8-11,17H2,1-2H3,(H,18,21). The van der Waals surface area contributed by atoms with Crippen LogP contribution in [0.2, 0.25) is 0 Å². The number of rotatable bonds is 7. The van der Waals surface area contributed by atoms with E-state index in [2.05, 4.69) is 21.4 Å². The molecule has 0 heterocycles. The Morgan fingerprint density at radius 1 is 1.27 bits per heavy atom. The molecule has 3 N–H and O–H groups in total. The molecule has 2 amide bonds. The van der Waals surface area contributed by atoms with Crippen molar-refractivity contribution >= 4 is 27.7 Å². The van der Waals surface area contributed by atoms with Gasteiger partial charge in [0, 0.05) is 6.54 Å². The average molecular weight is 371 g/mol. The Morgan fingerprint density at radius 2 is 1.91 bits per heavy atom. The lowest BCUT2D eigenvalue weighted by atomic mass is 10.2. The summed E-state index contributed by atoms with van der Waals surface area (Å²) < 4.78 is 0. The highest BCUT2D eigenvalue weighted by Crippen LogP contribution is 2.04. The fourth-order valence-corrected chi connectivity index (χ4v) is 2.05. The summed E-state index contributed by atoms with van der Waals surface area (Å²) in [4.78, 5) is 23.9. The molecule has 0 unspecified atom stereocenters. The van der Waals surface area contributed by atoms with Crippen molar-refractivity contribution in [2.45, 2.75) is 20.4 Å². The first-order valence-corrected chi connectivity index (χ1v) is 8.24. The van der Waals surface area contributed by atoms with E-state index in [0.717, 1.165) is 5.56 Å². The van der Waals surface area contributed by atoms with E-state index in [0.29, 0.717) is 19.0 Å². The predicted molar refractivity (Wildman–Crippen MR) is 89.5 cm³/mol. The van der Waals surface area contributed by atoms with Gasteiger partial charge in [-0.15, -0.1) is 0 Å². The van der Waals surface area contributed by atoms with Gasteiger partial charge < -0.3 is 0 Å². The second-order valence-corrected chi connectivity index (χ2v) is 6.02. The number of nitrogens with one attached hydrogen (secondary N) is 1. The van der Waals surface area contributed by atoms with Crippen LogP contribution in [0, 0.1) is 5.92 Å². The van der Waals surface area contributed by atoms with Gasteiger partial charge in [-0.3, -0.25) is 20.9 Å². The second kappa shape index (κ2) is 9.55. The van der Waals surface area contributed by atoms with Gasteiger partial charge in [0.1, 0.15) is 0 Å². The highest BCUT2D eigenvalue weighted by Gasteiger charge is 2.18. The number of amides is 2. The minimum atomic E-state index is -0.281. The smallest absolute Gasteiger partial charge is 0.256 e. The number of hydrazine groups is 2. The van der Waals surface area contributed by atoms with Gasteiger partial charge in [0.15, 0.2) is 0 Å². The van der Waals surface area contributed by atoms with E-state index in [1.54, 1.807) is 0 Å². The molecule has 1 aromatic carbocycles. The summed E-state index contributed by atoms with van der Waals surface area (Å²) in [7, 11) is 0. The van der Waals surface area contributed by atoms with Crippen molar-refractivity contribution in [1.82, 2.24) is 15.4 Å². The minimum Gasteiger partial charge on any atom is -0.272 e. The monoisotopic (exact) mass is 370 g/mol.